The number of amides is 1. The van der Waals surface area contributed by atoms with Crippen LogP contribution in [0.4, 0.5) is 0 Å². The van der Waals surface area contributed by atoms with Crippen LogP contribution >= 0.6 is 0 Å². The fourth-order valence-electron chi connectivity index (χ4n) is 3.78. The zero-order valence-corrected chi connectivity index (χ0v) is 17.6. The molecule has 1 aliphatic rings. The van der Waals surface area contributed by atoms with E-state index in [4.69, 9.17) is 13.9 Å². The highest BCUT2D eigenvalue weighted by atomic mass is 16.5. The molecule has 0 saturated carbocycles. The van der Waals surface area contributed by atoms with E-state index in [9.17, 15) is 9.59 Å². The van der Waals surface area contributed by atoms with E-state index in [0.29, 0.717) is 19.5 Å². The van der Waals surface area contributed by atoms with E-state index in [1.54, 1.807) is 12.0 Å². The molecular formula is C24H26N2O5. The number of carbonyl (C=O) groups is 2. The van der Waals surface area contributed by atoms with Crippen molar-refractivity contribution in [3.63, 3.8) is 0 Å². The Morgan fingerprint density at radius 2 is 1.84 bits per heavy atom. The number of hydrogen-bond donors (Lipinski definition) is 0. The summed E-state index contributed by atoms with van der Waals surface area (Å²) in [7, 11) is 1.61. The van der Waals surface area contributed by atoms with Gasteiger partial charge in [-0.15, -0.1) is 0 Å². The second kappa shape index (κ2) is 9.64. The Balaban J connectivity index is 1.19. The maximum absolute atomic E-state index is 12.4. The smallest absolute Gasteiger partial charge is 0.306 e. The van der Waals surface area contributed by atoms with Crippen LogP contribution in [-0.2, 0) is 20.7 Å². The molecule has 1 aromatic heterocycles. The summed E-state index contributed by atoms with van der Waals surface area (Å²) in [5.74, 6) is 1.18. The number of likely N-dealkylation sites (tertiary alicyclic amines) is 1. The van der Waals surface area contributed by atoms with Gasteiger partial charge in [-0.05, 0) is 49.1 Å². The molecule has 2 aromatic carbocycles. The maximum atomic E-state index is 12.4. The molecule has 1 aliphatic heterocycles. The van der Waals surface area contributed by atoms with Crippen molar-refractivity contribution in [2.75, 3.05) is 26.8 Å². The molecule has 0 atom stereocenters. The van der Waals surface area contributed by atoms with Crippen molar-refractivity contribution >= 4 is 23.0 Å². The second-order valence-electron chi connectivity index (χ2n) is 7.68. The number of benzene rings is 2. The summed E-state index contributed by atoms with van der Waals surface area (Å²) in [6.45, 7) is 0.992. The van der Waals surface area contributed by atoms with E-state index >= 15 is 0 Å². The van der Waals surface area contributed by atoms with Crippen LogP contribution in [0.15, 0.2) is 52.9 Å². The van der Waals surface area contributed by atoms with Crippen molar-refractivity contribution in [2.45, 2.75) is 31.6 Å². The summed E-state index contributed by atoms with van der Waals surface area (Å²) in [6, 6.07) is 15.3. The van der Waals surface area contributed by atoms with Crippen molar-refractivity contribution < 1.29 is 23.5 Å². The van der Waals surface area contributed by atoms with Crippen molar-refractivity contribution in [2.24, 2.45) is 0 Å². The van der Waals surface area contributed by atoms with Gasteiger partial charge in [-0.1, -0.05) is 24.3 Å². The molecule has 1 saturated heterocycles. The summed E-state index contributed by atoms with van der Waals surface area (Å²) in [5, 5.41) is 0. The number of aromatic nitrogens is 1. The van der Waals surface area contributed by atoms with Crippen molar-refractivity contribution in [3.8, 4) is 5.75 Å². The minimum atomic E-state index is -0.370. The number of piperidine rings is 1. The van der Waals surface area contributed by atoms with Crippen LogP contribution in [-0.4, -0.2) is 48.6 Å². The van der Waals surface area contributed by atoms with Crippen molar-refractivity contribution in [3.05, 3.63) is 60.0 Å². The van der Waals surface area contributed by atoms with Crippen LogP contribution < -0.4 is 4.74 Å². The highest BCUT2D eigenvalue weighted by molar-refractivity contribution is 5.80. The quantitative estimate of drug-likeness (QED) is 0.540. The third-order valence-corrected chi connectivity index (χ3v) is 5.64. The Morgan fingerprint density at radius 1 is 1.10 bits per heavy atom. The molecule has 1 amide bonds. The van der Waals surface area contributed by atoms with Gasteiger partial charge in [-0.25, -0.2) is 4.98 Å². The van der Waals surface area contributed by atoms with Gasteiger partial charge < -0.3 is 18.8 Å². The zero-order valence-electron chi connectivity index (χ0n) is 17.6. The first-order valence-corrected chi connectivity index (χ1v) is 10.5. The number of esters is 1. The van der Waals surface area contributed by atoms with E-state index in [-0.39, 0.29) is 30.8 Å². The van der Waals surface area contributed by atoms with Crippen molar-refractivity contribution in [1.29, 1.82) is 0 Å². The van der Waals surface area contributed by atoms with Gasteiger partial charge in [0.2, 0.25) is 0 Å². The number of rotatable bonds is 7. The number of methoxy groups -OCH3 is 1. The maximum Gasteiger partial charge on any atom is 0.306 e. The van der Waals surface area contributed by atoms with Crippen LogP contribution in [0, 0.1) is 0 Å². The van der Waals surface area contributed by atoms with E-state index in [0.717, 1.165) is 41.1 Å². The molecule has 7 heteroatoms. The summed E-state index contributed by atoms with van der Waals surface area (Å²) < 4.78 is 16.2. The number of nitrogens with zero attached hydrogens (tertiary/aromatic N) is 2. The highest BCUT2D eigenvalue weighted by Crippen LogP contribution is 2.29. The normalized spacial score (nSPS) is 14.5. The monoisotopic (exact) mass is 422 g/mol. The first kappa shape index (κ1) is 20.9. The van der Waals surface area contributed by atoms with Gasteiger partial charge in [0, 0.05) is 25.4 Å². The highest BCUT2D eigenvalue weighted by Gasteiger charge is 2.27. The van der Waals surface area contributed by atoms with E-state index < -0.39 is 0 Å². The fourth-order valence-corrected chi connectivity index (χ4v) is 3.78. The van der Waals surface area contributed by atoms with E-state index in [2.05, 4.69) is 4.98 Å². The Morgan fingerprint density at radius 3 is 2.55 bits per heavy atom. The molecule has 7 nitrogen and oxygen atoms in total. The lowest BCUT2D eigenvalue weighted by atomic mass is 9.97. The Labute approximate surface area is 181 Å². The van der Waals surface area contributed by atoms with Crippen LogP contribution in [0.25, 0.3) is 11.1 Å². The molecule has 0 spiro atoms. The van der Waals surface area contributed by atoms with Gasteiger partial charge in [-0.2, -0.15) is 0 Å². The molecule has 3 aromatic rings. The Kier molecular flexibility index (Phi) is 6.50. The molecular weight excluding hydrogens is 396 g/mol. The summed E-state index contributed by atoms with van der Waals surface area (Å²) >= 11 is 0. The summed E-state index contributed by atoms with van der Waals surface area (Å²) in [6.07, 6.45) is 2.36. The van der Waals surface area contributed by atoms with Gasteiger partial charge in [0.25, 0.3) is 5.91 Å². The standard InChI is InChI=1S/C24H26N2O5/c1-29-19-9-6-17(7-10-19)8-11-23(28)30-16-22(27)26-14-12-18(13-15-26)24-25-20-4-2-3-5-21(20)31-24/h2-7,9-10,18H,8,11-16H2,1H3. The number of para-hydroxylation sites is 2. The first-order valence-electron chi connectivity index (χ1n) is 10.5. The minimum Gasteiger partial charge on any atom is -0.497 e. The second-order valence-corrected chi connectivity index (χ2v) is 7.68. The lowest BCUT2D eigenvalue weighted by molar-refractivity contribution is -0.152. The van der Waals surface area contributed by atoms with Crippen LogP contribution in [0.1, 0.15) is 36.6 Å². The van der Waals surface area contributed by atoms with Gasteiger partial charge in [-0.3, -0.25) is 9.59 Å². The molecule has 0 aliphatic carbocycles. The summed E-state index contributed by atoms with van der Waals surface area (Å²) in [4.78, 5) is 30.8. The molecule has 4 rings (SSSR count). The zero-order chi connectivity index (χ0) is 21.6. The number of carbonyl (C=O) groups excluding carboxylic acids is 2. The third kappa shape index (κ3) is 5.23. The lowest BCUT2D eigenvalue weighted by Gasteiger charge is -2.30. The number of hydrogen-bond acceptors (Lipinski definition) is 6. The number of fused-ring (bicyclic) bond motifs is 1. The van der Waals surface area contributed by atoms with Gasteiger partial charge >= 0.3 is 5.97 Å². The number of aryl methyl sites for hydroxylation is 1. The van der Waals surface area contributed by atoms with Crippen LogP contribution in [0.2, 0.25) is 0 Å². The molecule has 2 heterocycles. The van der Waals surface area contributed by atoms with E-state index in [1.165, 1.54) is 0 Å². The van der Waals surface area contributed by atoms with Crippen LogP contribution in [0.5, 0.6) is 5.75 Å². The molecule has 1 fully saturated rings. The molecule has 0 unspecified atom stereocenters. The third-order valence-electron chi connectivity index (χ3n) is 5.64. The Bertz CT molecular complexity index is 1000. The van der Waals surface area contributed by atoms with Crippen LogP contribution in [0.3, 0.4) is 0 Å². The average Bonchev–Trinajstić information content (AvgIpc) is 3.26. The topological polar surface area (TPSA) is 81.9 Å². The van der Waals surface area contributed by atoms with Gasteiger partial charge in [0.15, 0.2) is 18.1 Å². The SMILES string of the molecule is COc1ccc(CCC(=O)OCC(=O)N2CCC(c3nc4ccccc4o3)CC2)cc1. The predicted octanol–water partition coefficient (Wildman–Crippen LogP) is 3.72. The molecule has 31 heavy (non-hydrogen) atoms. The van der Waals surface area contributed by atoms with E-state index in [1.807, 2.05) is 48.5 Å². The number of ether oxygens (including phenoxy) is 2. The van der Waals surface area contributed by atoms with Gasteiger partial charge in [0.05, 0.1) is 7.11 Å². The molecule has 0 N–H and O–H groups in total. The Hall–Kier alpha value is -3.35. The van der Waals surface area contributed by atoms with Gasteiger partial charge in [0.1, 0.15) is 11.3 Å². The average molecular weight is 422 g/mol. The van der Waals surface area contributed by atoms with Crippen molar-refractivity contribution in [1.82, 2.24) is 9.88 Å². The fraction of sp³-hybridized carbons (Fsp3) is 0.375. The molecule has 0 bridgehead atoms. The first-order chi connectivity index (χ1) is 15.1. The molecule has 0 radical (unpaired) electrons. The minimum absolute atomic E-state index is 0.159. The largest absolute Gasteiger partial charge is 0.497 e. The predicted molar refractivity (Wildman–Crippen MR) is 115 cm³/mol. The lowest BCUT2D eigenvalue weighted by Crippen LogP contribution is -2.40. The molecule has 162 valence electrons. The number of oxazole rings is 1. The summed E-state index contributed by atoms with van der Waals surface area (Å²) in [5.41, 5.74) is 2.67.